The molecule has 0 spiro atoms. The number of anilines is 1. The van der Waals surface area contributed by atoms with E-state index in [1.54, 1.807) is 12.1 Å². The highest BCUT2D eigenvalue weighted by atomic mass is 35.5. The predicted octanol–water partition coefficient (Wildman–Crippen LogP) is 4.02. The summed E-state index contributed by atoms with van der Waals surface area (Å²) in [6.45, 7) is 2.75. The largest absolute Gasteiger partial charge is 0.363 e. The van der Waals surface area contributed by atoms with Crippen molar-refractivity contribution in [2.75, 3.05) is 5.32 Å². The SMILES string of the molecule is CC(Nc1ccc(Cl)c(C#N)n1)c1cnn(Cc2ccccc2)c1. The van der Waals surface area contributed by atoms with Gasteiger partial charge in [-0.15, -0.1) is 0 Å². The molecule has 1 atom stereocenters. The summed E-state index contributed by atoms with van der Waals surface area (Å²) in [7, 11) is 0. The number of hydrogen-bond donors (Lipinski definition) is 1. The smallest absolute Gasteiger partial charge is 0.161 e. The number of nitriles is 1. The molecule has 2 aromatic heterocycles. The highest BCUT2D eigenvalue weighted by Gasteiger charge is 2.10. The number of aromatic nitrogens is 3. The van der Waals surface area contributed by atoms with Gasteiger partial charge in [0.25, 0.3) is 0 Å². The van der Waals surface area contributed by atoms with Gasteiger partial charge < -0.3 is 5.32 Å². The molecule has 0 amide bonds. The van der Waals surface area contributed by atoms with Gasteiger partial charge in [-0.3, -0.25) is 4.68 Å². The van der Waals surface area contributed by atoms with Crippen molar-refractivity contribution in [2.45, 2.75) is 19.5 Å². The second kappa shape index (κ2) is 7.16. The van der Waals surface area contributed by atoms with Gasteiger partial charge in [0.1, 0.15) is 11.9 Å². The molecule has 6 heteroatoms. The summed E-state index contributed by atoms with van der Waals surface area (Å²) in [5.74, 6) is 0.610. The molecule has 5 nitrogen and oxygen atoms in total. The number of nitrogens with zero attached hydrogens (tertiary/aromatic N) is 4. The third kappa shape index (κ3) is 3.73. The average molecular weight is 338 g/mol. The second-order valence-electron chi connectivity index (χ2n) is 5.46. The zero-order chi connectivity index (χ0) is 16.9. The van der Waals surface area contributed by atoms with Crippen molar-refractivity contribution in [3.63, 3.8) is 0 Å². The first-order valence-corrected chi connectivity index (χ1v) is 7.93. The Hall–Kier alpha value is -2.84. The van der Waals surface area contributed by atoms with Crippen molar-refractivity contribution in [2.24, 2.45) is 0 Å². The van der Waals surface area contributed by atoms with E-state index in [2.05, 4.69) is 27.5 Å². The zero-order valence-corrected chi connectivity index (χ0v) is 13.9. The minimum Gasteiger partial charge on any atom is -0.363 e. The van der Waals surface area contributed by atoms with E-state index in [9.17, 15) is 0 Å². The fourth-order valence-corrected chi connectivity index (χ4v) is 2.51. The van der Waals surface area contributed by atoms with Crippen molar-refractivity contribution in [3.8, 4) is 6.07 Å². The summed E-state index contributed by atoms with van der Waals surface area (Å²) >= 11 is 5.90. The summed E-state index contributed by atoms with van der Waals surface area (Å²) in [4.78, 5) is 4.20. The van der Waals surface area contributed by atoms with Crippen molar-refractivity contribution >= 4 is 17.4 Å². The molecule has 120 valence electrons. The van der Waals surface area contributed by atoms with Gasteiger partial charge in [-0.1, -0.05) is 41.9 Å². The Morgan fingerprint density at radius 2 is 2.04 bits per heavy atom. The molecule has 0 aliphatic heterocycles. The third-order valence-electron chi connectivity index (χ3n) is 3.66. The molecule has 24 heavy (non-hydrogen) atoms. The number of hydrogen-bond acceptors (Lipinski definition) is 4. The van der Waals surface area contributed by atoms with Crippen LogP contribution in [0.15, 0.2) is 54.9 Å². The molecule has 0 aliphatic rings. The Morgan fingerprint density at radius 3 is 2.79 bits per heavy atom. The van der Waals surface area contributed by atoms with Crippen molar-refractivity contribution < 1.29 is 0 Å². The first kappa shape index (κ1) is 16.0. The first-order chi connectivity index (χ1) is 11.7. The lowest BCUT2D eigenvalue weighted by molar-refractivity contribution is 0.685. The molecular weight excluding hydrogens is 322 g/mol. The molecule has 0 aliphatic carbocycles. The van der Waals surface area contributed by atoms with Gasteiger partial charge in [0.15, 0.2) is 5.69 Å². The van der Waals surface area contributed by atoms with Gasteiger partial charge in [0.05, 0.1) is 23.8 Å². The third-order valence-corrected chi connectivity index (χ3v) is 3.96. The monoisotopic (exact) mass is 337 g/mol. The molecule has 1 unspecified atom stereocenters. The molecule has 0 radical (unpaired) electrons. The first-order valence-electron chi connectivity index (χ1n) is 7.55. The van der Waals surface area contributed by atoms with E-state index in [-0.39, 0.29) is 11.7 Å². The summed E-state index contributed by atoms with van der Waals surface area (Å²) in [6, 6.07) is 15.6. The van der Waals surface area contributed by atoms with Crippen LogP contribution in [0.4, 0.5) is 5.82 Å². The van der Waals surface area contributed by atoms with Crippen LogP contribution in [0.5, 0.6) is 0 Å². The van der Waals surface area contributed by atoms with E-state index in [1.165, 1.54) is 5.56 Å². The maximum absolute atomic E-state index is 9.00. The summed E-state index contributed by atoms with van der Waals surface area (Å²) in [5.41, 5.74) is 2.46. The van der Waals surface area contributed by atoms with Crippen LogP contribution in [-0.4, -0.2) is 14.8 Å². The van der Waals surface area contributed by atoms with Crippen LogP contribution in [0, 0.1) is 11.3 Å². The van der Waals surface area contributed by atoms with Crippen LogP contribution >= 0.6 is 11.6 Å². The van der Waals surface area contributed by atoms with Gasteiger partial charge >= 0.3 is 0 Å². The fourth-order valence-electron chi connectivity index (χ4n) is 2.37. The Labute approximate surface area is 145 Å². The number of benzene rings is 1. The molecule has 0 saturated carbocycles. The molecule has 3 rings (SSSR count). The topological polar surface area (TPSA) is 66.5 Å². The Bertz CT molecular complexity index is 867. The minimum atomic E-state index is 0.00902. The molecular formula is C18H16ClN5. The molecule has 1 N–H and O–H groups in total. The standard InChI is InChI=1S/C18H16ClN5/c1-13(22-18-8-7-16(19)17(9-20)23-18)15-10-21-24(12-15)11-14-5-3-2-4-6-14/h2-8,10,12-13H,11H2,1H3,(H,22,23). The summed E-state index contributed by atoms with van der Waals surface area (Å²) in [5, 5.41) is 17.0. The highest BCUT2D eigenvalue weighted by molar-refractivity contribution is 6.31. The Kier molecular flexibility index (Phi) is 4.78. The lowest BCUT2D eigenvalue weighted by atomic mass is 10.2. The molecule has 0 saturated heterocycles. The molecule has 1 aromatic carbocycles. The van der Waals surface area contributed by atoms with E-state index >= 15 is 0 Å². The predicted molar refractivity (Wildman–Crippen MR) is 93.8 cm³/mol. The lowest BCUT2D eigenvalue weighted by Gasteiger charge is -2.13. The number of halogens is 1. The van der Waals surface area contributed by atoms with Crippen LogP contribution in [0.3, 0.4) is 0 Å². The van der Waals surface area contributed by atoms with Crippen molar-refractivity contribution in [1.82, 2.24) is 14.8 Å². The maximum atomic E-state index is 9.00. The number of nitrogens with one attached hydrogen (secondary N) is 1. The van der Waals surface area contributed by atoms with Crippen LogP contribution in [0.2, 0.25) is 5.02 Å². The van der Waals surface area contributed by atoms with Crippen molar-refractivity contribution in [1.29, 1.82) is 5.26 Å². The molecule has 0 bridgehead atoms. The van der Waals surface area contributed by atoms with E-state index < -0.39 is 0 Å². The summed E-state index contributed by atoms with van der Waals surface area (Å²) in [6.07, 6.45) is 3.84. The second-order valence-corrected chi connectivity index (χ2v) is 5.87. The van der Waals surface area contributed by atoms with Gasteiger partial charge in [-0.05, 0) is 24.6 Å². The van der Waals surface area contributed by atoms with E-state index in [0.29, 0.717) is 10.8 Å². The quantitative estimate of drug-likeness (QED) is 0.763. The Balaban J connectivity index is 1.70. The van der Waals surface area contributed by atoms with Gasteiger partial charge in [0.2, 0.25) is 0 Å². The maximum Gasteiger partial charge on any atom is 0.161 e. The molecule has 3 aromatic rings. The summed E-state index contributed by atoms with van der Waals surface area (Å²) < 4.78 is 1.90. The van der Waals surface area contributed by atoms with Crippen LogP contribution in [0.1, 0.15) is 29.8 Å². The number of pyridine rings is 1. The van der Waals surface area contributed by atoms with E-state index in [0.717, 1.165) is 12.1 Å². The highest BCUT2D eigenvalue weighted by Crippen LogP contribution is 2.21. The van der Waals surface area contributed by atoms with Gasteiger partial charge in [-0.2, -0.15) is 10.4 Å². The van der Waals surface area contributed by atoms with Crippen molar-refractivity contribution in [3.05, 3.63) is 76.7 Å². The normalized spacial score (nSPS) is 11.7. The lowest BCUT2D eigenvalue weighted by Crippen LogP contribution is -2.08. The average Bonchev–Trinajstić information content (AvgIpc) is 3.06. The Morgan fingerprint density at radius 1 is 1.25 bits per heavy atom. The van der Waals surface area contributed by atoms with Crippen LogP contribution in [0.25, 0.3) is 0 Å². The minimum absolute atomic E-state index is 0.00902. The zero-order valence-electron chi connectivity index (χ0n) is 13.1. The number of rotatable bonds is 5. The van der Waals surface area contributed by atoms with E-state index in [4.69, 9.17) is 16.9 Å². The van der Waals surface area contributed by atoms with Gasteiger partial charge in [-0.25, -0.2) is 4.98 Å². The molecule has 2 heterocycles. The molecule has 0 fully saturated rings. The van der Waals surface area contributed by atoms with Crippen LogP contribution in [-0.2, 0) is 6.54 Å². The van der Waals surface area contributed by atoms with Crippen LogP contribution < -0.4 is 5.32 Å². The fraction of sp³-hybridized carbons (Fsp3) is 0.167. The van der Waals surface area contributed by atoms with Gasteiger partial charge in [0, 0.05) is 11.8 Å². The van der Waals surface area contributed by atoms with E-state index in [1.807, 2.05) is 48.3 Å².